The van der Waals surface area contributed by atoms with Crippen molar-refractivity contribution in [1.29, 1.82) is 0 Å². The number of alkyl halides is 3. The Hall–Kier alpha value is -1.08. The molecule has 2 rings (SSSR count). The molecule has 2 heterocycles. The third kappa shape index (κ3) is 5.28. The molecule has 0 radical (unpaired) electrons. The van der Waals surface area contributed by atoms with Crippen LogP contribution in [0.5, 0.6) is 0 Å². The SMILES string of the molecule is CN(C)[C@@H]1CCCN(CCCc2nccn2CC(F)(F)F)C1. The fourth-order valence-corrected chi connectivity index (χ4v) is 3.02. The van der Waals surface area contributed by atoms with Gasteiger partial charge in [-0.05, 0) is 46.4 Å². The van der Waals surface area contributed by atoms with Gasteiger partial charge in [0.05, 0.1) is 0 Å². The van der Waals surface area contributed by atoms with E-state index in [0.717, 1.165) is 26.1 Å². The molecule has 0 aromatic carbocycles. The van der Waals surface area contributed by atoms with E-state index in [9.17, 15) is 13.2 Å². The summed E-state index contributed by atoms with van der Waals surface area (Å²) in [5, 5.41) is 0. The quantitative estimate of drug-likeness (QED) is 0.805. The van der Waals surface area contributed by atoms with Crippen molar-refractivity contribution in [3.05, 3.63) is 18.2 Å². The Morgan fingerprint density at radius 1 is 1.36 bits per heavy atom. The van der Waals surface area contributed by atoms with Crippen molar-refractivity contribution in [2.24, 2.45) is 0 Å². The van der Waals surface area contributed by atoms with Crippen LogP contribution in [0.1, 0.15) is 25.1 Å². The van der Waals surface area contributed by atoms with E-state index in [0.29, 0.717) is 18.3 Å². The number of aryl methyl sites for hydroxylation is 1. The lowest BCUT2D eigenvalue weighted by atomic mass is 10.0. The van der Waals surface area contributed by atoms with Crippen molar-refractivity contribution in [3.8, 4) is 0 Å². The highest BCUT2D eigenvalue weighted by Gasteiger charge is 2.28. The van der Waals surface area contributed by atoms with Gasteiger partial charge in [-0.25, -0.2) is 4.98 Å². The van der Waals surface area contributed by atoms with Crippen LogP contribution in [0.25, 0.3) is 0 Å². The smallest absolute Gasteiger partial charge is 0.326 e. The Labute approximate surface area is 129 Å². The molecular formula is C15H25F3N4. The molecule has 0 saturated carbocycles. The first kappa shape index (κ1) is 17.3. The van der Waals surface area contributed by atoms with Gasteiger partial charge < -0.3 is 14.4 Å². The van der Waals surface area contributed by atoms with Crippen LogP contribution in [-0.4, -0.2) is 65.3 Å². The van der Waals surface area contributed by atoms with E-state index in [1.54, 1.807) is 0 Å². The molecule has 0 amide bonds. The maximum Gasteiger partial charge on any atom is 0.406 e. The molecule has 126 valence electrons. The van der Waals surface area contributed by atoms with Crippen LogP contribution in [-0.2, 0) is 13.0 Å². The number of rotatable bonds is 6. The minimum atomic E-state index is -4.19. The van der Waals surface area contributed by atoms with Gasteiger partial charge >= 0.3 is 6.18 Å². The van der Waals surface area contributed by atoms with Crippen molar-refractivity contribution in [2.45, 2.75) is 44.4 Å². The van der Waals surface area contributed by atoms with E-state index >= 15 is 0 Å². The minimum Gasteiger partial charge on any atom is -0.326 e. The van der Waals surface area contributed by atoms with E-state index in [1.807, 2.05) is 0 Å². The Kier molecular flexibility index (Phi) is 5.86. The van der Waals surface area contributed by atoms with Crippen LogP contribution in [0.15, 0.2) is 12.4 Å². The first-order valence-electron chi connectivity index (χ1n) is 7.81. The molecule has 1 aliphatic rings. The minimum absolute atomic E-state index is 0.526. The fraction of sp³-hybridized carbons (Fsp3) is 0.800. The zero-order chi connectivity index (χ0) is 16.2. The van der Waals surface area contributed by atoms with Crippen molar-refractivity contribution in [3.63, 3.8) is 0 Å². The average molecular weight is 318 g/mol. The number of hydrogen-bond donors (Lipinski definition) is 0. The lowest BCUT2D eigenvalue weighted by Gasteiger charge is -2.36. The Balaban J connectivity index is 1.78. The highest BCUT2D eigenvalue weighted by atomic mass is 19.4. The monoisotopic (exact) mass is 318 g/mol. The lowest BCUT2D eigenvalue weighted by molar-refractivity contribution is -0.141. The number of hydrogen-bond acceptors (Lipinski definition) is 3. The van der Waals surface area contributed by atoms with Gasteiger partial charge in [0.2, 0.25) is 0 Å². The standard InChI is InChI=1S/C15H25F3N4/c1-20(2)13-5-3-8-21(11-13)9-4-6-14-19-7-10-22(14)12-15(16,17)18/h7,10,13H,3-6,8-9,11-12H2,1-2H3/t13-/m1/s1. The first-order valence-corrected chi connectivity index (χ1v) is 7.81. The summed E-state index contributed by atoms with van der Waals surface area (Å²) in [6, 6.07) is 0.584. The Bertz CT molecular complexity index is 456. The Morgan fingerprint density at radius 3 is 2.82 bits per heavy atom. The molecule has 0 N–H and O–H groups in total. The molecule has 0 spiro atoms. The number of likely N-dealkylation sites (N-methyl/N-ethyl adjacent to an activating group) is 1. The first-order chi connectivity index (χ1) is 10.3. The van der Waals surface area contributed by atoms with Gasteiger partial charge in [0, 0.05) is 31.4 Å². The van der Waals surface area contributed by atoms with Gasteiger partial charge in [-0.15, -0.1) is 0 Å². The number of likely N-dealkylation sites (tertiary alicyclic amines) is 1. The molecule has 0 aliphatic carbocycles. The number of piperidine rings is 1. The zero-order valence-corrected chi connectivity index (χ0v) is 13.3. The topological polar surface area (TPSA) is 24.3 Å². The molecule has 7 heteroatoms. The number of imidazole rings is 1. The molecule has 4 nitrogen and oxygen atoms in total. The highest BCUT2D eigenvalue weighted by Crippen LogP contribution is 2.19. The largest absolute Gasteiger partial charge is 0.406 e. The van der Waals surface area contributed by atoms with Gasteiger partial charge in [0.1, 0.15) is 12.4 Å². The lowest BCUT2D eigenvalue weighted by Crippen LogP contribution is -2.45. The van der Waals surface area contributed by atoms with Crippen LogP contribution in [0, 0.1) is 0 Å². The van der Waals surface area contributed by atoms with E-state index in [1.165, 1.54) is 29.8 Å². The summed E-state index contributed by atoms with van der Waals surface area (Å²) in [5.74, 6) is 0.526. The van der Waals surface area contributed by atoms with Crippen LogP contribution in [0.4, 0.5) is 13.2 Å². The van der Waals surface area contributed by atoms with Gasteiger partial charge in [-0.3, -0.25) is 0 Å². The molecule has 22 heavy (non-hydrogen) atoms. The van der Waals surface area contributed by atoms with E-state index < -0.39 is 12.7 Å². The van der Waals surface area contributed by atoms with Gasteiger partial charge in [-0.1, -0.05) is 0 Å². The van der Waals surface area contributed by atoms with Crippen LogP contribution >= 0.6 is 0 Å². The summed E-state index contributed by atoms with van der Waals surface area (Å²) in [6.07, 6.45) is 2.50. The average Bonchev–Trinajstić information content (AvgIpc) is 2.84. The molecule has 1 aromatic rings. The number of nitrogens with zero attached hydrogens (tertiary/aromatic N) is 4. The molecule has 1 atom stereocenters. The second-order valence-corrected chi connectivity index (χ2v) is 6.25. The zero-order valence-electron chi connectivity index (χ0n) is 13.3. The fourth-order valence-electron chi connectivity index (χ4n) is 3.02. The van der Waals surface area contributed by atoms with Crippen LogP contribution in [0.2, 0.25) is 0 Å². The Morgan fingerprint density at radius 2 is 2.14 bits per heavy atom. The molecule has 1 saturated heterocycles. The normalized spacial score (nSPS) is 20.7. The molecule has 1 aromatic heterocycles. The predicted molar refractivity (Wildman–Crippen MR) is 79.8 cm³/mol. The second kappa shape index (κ2) is 7.46. The summed E-state index contributed by atoms with van der Waals surface area (Å²) in [5.41, 5.74) is 0. The van der Waals surface area contributed by atoms with Crippen molar-refractivity contribution in [2.75, 3.05) is 33.7 Å². The van der Waals surface area contributed by atoms with Gasteiger partial charge in [-0.2, -0.15) is 13.2 Å². The molecule has 0 bridgehead atoms. The third-order valence-electron chi connectivity index (χ3n) is 4.24. The van der Waals surface area contributed by atoms with Crippen molar-refractivity contribution < 1.29 is 13.2 Å². The maximum atomic E-state index is 12.5. The van der Waals surface area contributed by atoms with Crippen molar-refractivity contribution >= 4 is 0 Å². The highest BCUT2D eigenvalue weighted by molar-refractivity contribution is 4.93. The summed E-state index contributed by atoms with van der Waals surface area (Å²) in [4.78, 5) is 8.72. The summed E-state index contributed by atoms with van der Waals surface area (Å²) in [6.45, 7) is 2.10. The van der Waals surface area contributed by atoms with Gasteiger partial charge in [0.25, 0.3) is 0 Å². The number of aromatic nitrogens is 2. The van der Waals surface area contributed by atoms with Crippen LogP contribution in [0.3, 0.4) is 0 Å². The molecule has 1 fully saturated rings. The molecule has 0 unspecified atom stereocenters. The number of halogens is 3. The summed E-state index contributed by atoms with van der Waals surface area (Å²) < 4.78 is 38.6. The van der Waals surface area contributed by atoms with Crippen molar-refractivity contribution in [1.82, 2.24) is 19.4 Å². The molecule has 1 aliphatic heterocycles. The summed E-state index contributed by atoms with van der Waals surface area (Å²) in [7, 11) is 4.20. The third-order valence-corrected chi connectivity index (χ3v) is 4.24. The maximum absolute atomic E-state index is 12.5. The van der Waals surface area contributed by atoms with E-state index in [2.05, 4.69) is 28.9 Å². The summed E-state index contributed by atoms with van der Waals surface area (Å²) >= 11 is 0. The molecular weight excluding hydrogens is 293 g/mol. The van der Waals surface area contributed by atoms with Gasteiger partial charge in [0.15, 0.2) is 0 Å². The van der Waals surface area contributed by atoms with E-state index in [4.69, 9.17) is 0 Å². The predicted octanol–water partition coefficient (Wildman–Crippen LogP) is 2.40. The second-order valence-electron chi connectivity index (χ2n) is 6.25. The van der Waals surface area contributed by atoms with E-state index in [-0.39, 0.29) is 0 Å². The van der Waals surface area contributed by atoms with Crippen LogP contribution < -0.4 is 0 Å².